The average molecular weight is 258 g/mol. The summed E-state index contributed by atoms with van der Waals surface area (Å²) < 4.78 is 18.1. The molecule has 0 radical (unpaired) electrons. The number of hydrogen-bond donors (Lipinski definition) is 0. The minimum Gasteiger partial charge on any atom is -0.374 e. The third-order valence-electron chi connectivity index (χ3n) is 4.23. The first-order chi connectivity index (χ1) is 8.25. The first-order valence-corrected chi connectivity index (χ1v) is 8.97. The summed E-state index contributed by atoms with van der Waals surface area (Å²) in [7, 11) is -2.42. The summed E-state index contributed by atoms with van der Waals surface area (Å²) in [4.78, 5) is 0. The standard InChI is InChI=1S/C13H26O3Si/c1-4-14-17(15-5-2,16-6-3)13-10-11-7-8-12(13)9-11/h11-13H,4-10H2,1-3H3/t11-,12+,13+/m1/s1. The molecular weight excluding hydrogens is 232 g/mol. The van der Waals surface area contributed by atoms with E-state index in [1.165, 1.54) is 25.7 Å². The van der Waals surface area contributed by atoms with E-state index in [4.69, 9.17) is 13.3 Å². The van der Waals surface area contributed by atoms with Gasteiger partial charge in [-0.1, -0.05) is 6.42 Å². The van der Waals surface area contributed by atoms with Crippen molar-refractivity contribution >= 4 is 8.80 Å². The molecule has 2 fully saturated rings. The Bertz CT molecular complexity index is 230. The molecule has 0 aromatic rings. The Kier molecular flexibility index (Phi) is 4.63. The molecule has 4 heteroatoms. The van der Waals surface area contributed by atoms with Gasteiger partial charge in [0.25, 0.3) is 0 Å². The van der Waals surface area contributed by atoms with Crippen LogP contribution in [-0.4, -0.2) is 28.6 Å². The van der Waals surface area contributed by atoms with Crippen LogP contribution in [-0.2, 0) is 13.3 Å². The summed E-state index contributed by atoms with van der Waals surface area (Å²) in [6.45, 7) is 8.27. The molecule has 0 amide bonds. The molecule has 0 spiro atoms. The Hall–Kier alpha value is 0.0969. The van der Waals surface area contributed by atoms with Crippen molar-refractivity contribution in [3.05, 3.63) is 0 Å². The molecule has 0 saturated heterocycles. The van der Waals surface area contributed by atoms with Gasteiger partial charge in [-0.25, -0.2) is 0 Å². The zero-order valence-electron chi connectivity index (χ0n) is 11.4. The minimum absolute atomic E-state index is 0.570. The molecule has 3 nitrogen and oxygen atoms in total. The van der Waals surface area contributed by atoms with Gasteiger partial charge in [-0.2, -0.15) is 0 Å². The summed E-state index contributed by atoms with van der Waals surface area (Å²) >= 11 is 0. The van der Waals surface area contributed by atoms with E-state index in [0.717, 1.165) is 11.8 Å². The molecule has 0 aliphatic heterocycles. The molecule has 2 saturated carbocycles. The summed E-state index contributed by atoms with van der Waals surface area (Å²) in [5.41, 5.74) is 0.570. The highest BCUT2D eigenvalue weighted by Crippen LogP contribution is 2.55. The van der Waals surface area contributed by atoms with E-state index in [9.17, 15) is 0 Å². The van der Waals surface area contributed by atoms with Crippen molar-refractivity contribution in [2.45, 2.75) is 52.0 Å². The Balaban J connectivity index is 2.12. The van der Waals surface area contributed by atoms with Crippen LogP contribution in [0.25, 0.3) is 0 Å². The topological polar surface area (TPSA) is 27.7 Å². The Morgan fingerprint density at radius 2 is 1.47 bits per heavy atom. The minimum atomic E-state index is -2.42. The van der Waals surface area contributed by atoms with Crippen LogP contribution in [0.3, 0.4) is 0 Å². The van der Waals surface area contributed by atoms with E-state index < -0.39 is 8.80 Å². The van der Waals surface area contributed by atoms with Crippen LogP contribution in [0.4, 0.5) is 0 Å². The second-order valence-electron chi connectivity index (χ2n) is 5.18. The van der Waals surface area contributed by atoms with Crippen LogP contribution < -0.4 is 0 Å². The smallest absolute Gasteiger partial charge is 0.374 e. The van der Waals surface area contributed by atoms with Crippen molar-refractivity contribution in [3.8, 4) is 0 Å². The quantitative estimate of drug-likeness (QED) is 0.656. The van der Waals surface area contributed by atoms with E-state index in [1.54, 1.807) is 0 Å². The first-order valence-electron chi connectivity index (χ1n) is 7.17. The number of hydrogen-bond acceptors (Lipinski definition) is 3. The predicted molar refractivity (Wildman–Crippen MR) is 69.8 cm³/mol. The third kappa shape index (κ3) is 2.60. The molecule has 17 heavy (non-hydrogen) atoms. The highest BCUT2D eigenvalue weighted by molar-refractivity contribution is 6.62. The molecule has 100 valence electrons. The normalized spacial score (nSPS) is 32.3. The van der Waals surface area contributed by atoms with Gasteiger partial charge >= 0.3 is 8.80 Å². The monoisotopic (exact) mass is 258 g/mol. The van der Waals surface area contributed by atoms with Gasteiger partial charge in [-0.3, -0.25) is 0 Å². The lowest BCUT2D eigenvalue weighted by atomic mass is 10.0. The predicted octanol–water partition coefficient (Wildman–Crippen LogP) is 3.23. The molecule has 3 atom stereocenters. The lowest BCUT2D eigenvalue weighted by Gasteiger charge is -2.37. The molecule has 2 bridgehead atoms. The largest absolute Gasteiger partial charge is 0.504 e. The highest BCUT2D eigenvalue weighted by Gasteiger charge is 2.57. The van der Waals surface area contributed by atoms with Gasteiger partial charge in [0.15, 0.2) is 0 Å². The molecule has 2 aliphatic carbocycles. The van der Waals surface area contributed by atoms with Gasteiger partial charge in [-0.05, 0) is 51.9 Å². The number of rotatable bonds is 7. The van der Waals surface area contributed by atoms with Crippen LogP contribution in [0.1, 0.15) is 46.5 Å². The van der Waals surface area contributed by atoms with Gasteiger partial charge in [0.1, 0.15) is 0 Å². The third-order valence-corrected chi connectivity index (χ3v) is 7.92. The van der Waals surface area contributed by atoms with Gasteiger partial charge < -0.3 is 13.3 Å². The van der Waals surface area contributed by atoms with Crippen molar-refractivity contribution in [2.24, 2.45) is 11.8 Å². The maximum Gasteiger partial charge on any atom is 0.504 e. The Labute approximate surface area is 106 Å². The van der Waals surface area contributed by atoms with E-state index in [-0.39, 0.29) is 0 Å². The first kappa shape index (κ1) is 13.5. The summed E-state index contributed by atoms with van der Waals surface area (Å²) in [5, 5.41) is 0. The molecule has 0 unspecified atom stereocenters. The molecule has 2 aliphatic rings. The van der Waals surface area contributed by atoms with E-state index in [2.05, 4.69) is 0 Å². The van der Waals surface area contributed by atoms with E-state index >= 15 is 0 Å². The maximum absolute atomic E-state index is 6.04. The Morgan fingerprint density at radius 1 is 0.882 bits per heavy atom. The van der Waals surface area contributed by atoms with Crippen molar-refractivity contribution in [3.63, 3.8) is 0 Å². The molecular formula is C13H26O3Si. The second-order valence-corrected chi connectivity index (χ2v) is 8.00. The zero-order chi connectivity index (χ0) is 12.3. The van der Waals surface area contributed by atoms with Crippen LogP contribution in [0.15, 0.2) is 0 Å². The molecule has 0 aromatic carbocycles. The van der Waals surface area contributed by atoms with Crippen LogP contribution in [0.2, 0.25) is 5.54 Å². The summed E-state index contributed by atoms with van der Waals surface area (Å²) in [6, 6.07) is 0. The lowest BCUT2D eigenvalue weighted by molar-refractivity contribution is 0.0539. The van der Waals surface area contributed by atoms with Gasteiger partial charge in [0, 0.05) is 25.4 Å². The van der Waals surface area contributed by atoms with Gasteiger partial charge in [0.05, 0.1) is 0 Å². The average Bonchev–Trinajstić information content (AvgIpc) is 2.91. The van der Waals surface area contributed by atoms with E-state index in [0.29, 0.717) is 25.4 Å². The highest BCUT2D eigenvalue weighted by atomic mass is 28.4. The number of fused-ring (bicyclic) bond motifs is 2. The lowest BCUT2D eigenvalue weighted by Crippen LogP contribution is -2.51. The van der Waals surface area contributed by atoms with Gasteiger partial charge in [0.2, 0.25) is 0 Å². The molecule has 2 rings (SSSR count). The molecule has 0 aromatic heterocycles. The van der Waals surface area contributed by atoms with Crippen molar-refractivity contribution in [1.82, 2.24) is 0 Å². The van der Waals surface area contributed by atoms with Crippen LogP contribution >= 0.6 is 0 Å². The maximum atomic E-state index is 6.04. The zero-order valence-corrected chi connectivity index (χ0v) is 12.4. The van der Waals surface area contributed by atoms with Crippen LogP contribution in [0.5, 0.6) is 0 Å². The second kappa shape index (κ2) is 5.82. The fraction of sp³-hybridized carbons (Fsp3) is 1.00. The van der Waals surface area contributed by atoms with Crippen molar-refractivity contribution in [2.75, 3.05) is 19.8 Å². The SMILES string of the molecule is CCO[Si](OCC)(OCC)[C@H]1C[C@@H]2CC[C@H]1C2. The summed E-state index contributed by atoms with van der Waals surface area (Å²) in [6.07, 6.45) is 5.43. The fourth-order valence-electron chi connectivity index (χ4n) is 3.73. The van der Waals surface area contributed by atoms with Crippen LogP contribution in [0, 0.1) is 11.8 Å². The van der Waals surface area contributed by atoms with Gasteiger partial charge in [-0.15, -0.1) is 0 Å². The summed E-state index contributed by atoms with van der Waals surface area (Å²) in [5.74, 6) is 1.72. The fourth-order valence-corrected chi connectivity index (χ4v) is 7.33. The Morgan fingerprint density at radius 3 is 1.82 bits per heavy atom. The molecule has 0 heterocycles. The van der Waals surface area contributed by atoms with Crippen molar-refractivity contribution < 1.29 is 13.3 Å². The van der Waals surface area contributed by atoms with E-state index in [1.807, 2.05) is 20.8 Å². The van der Waals surface area contributed by atoms with Crippen molar-refractivity contribution in [1.29, 1.82) is 0 Å². The molecule has 0 N–H and O–H groups in total.